The van der Waals surface area contributed by atoms with Gasteiger partial charge >= 0.3 is 5.97 Å². The molecule has 1 saturated carbocycles. The first kappa shape index (κ1) is 20.7. The summed E-state index contributed by atoms with van der Waals surface area (Å²) in [6.07, 6.45) is 3.17. The minimum Gasteiger partial charge on any atom is -0.459 e. The lowest BCUT2D eigenvalue weighted by atomic mass is 9.72. The molecule has 26 heavy (non-hydrogen) atoms. The van der Waals surface area contributed by atoms with Gasteiger partial charge in [-0.1, -0.05) is 51.1 Å². The van der Waals surface area contributed by atoms with E-state index in [0.29, 0.717) is 25.2 Å². The highest BCUT2D eigenvalue weighted by Gasteiger charge is 2.50. The number of carbonyl (C=O) groups excluding carboxylic acids is 2. The van der Waals surface area contributed by atoms with E-state index >= 15 is 0 Å². The number of ether oxygens (including phenoxy) is 1. The van der Waals surface area contributed by atoms with Gasteiger partial charge in [0.15, 0.2) is 5.78 Å². The van der Waals surface area contributed by atoms with E-state index in [4.69, 9.17) is 4.74 Å². The van der Waals surface area contributed by atoms with Gasteiger partial charge in [-0.05, 0) is 63.4 Å². The molecule has 0 spiro atoms. The maximum Gasteiger partial charge on any atom is 0.320 e. The fraction of sp³-hybridized carbons (Fsp3) is 0.652. The van der Waals surface area contributed by atoms with E-state index in [2.05, 4.69) is 20.8 Å². The number of ketones is 1. The van der Waals surface area contributed by atoms with Crippen LogP contribution in [0.2, 0.25) is 0 Å². The highest BCUT2D eigenvalue weighted by molar-refractivity contribution is 6.04. The second-order valence-electron chi connectivity index (χ2n) is 9.81. The summed E-state index contributed by atoms with van der Waals surface area (Å²) in [6.45, 7) is 12.3. The lowest BCUT2D eigenvalue weighted by Gasteiger charge is -2.34. The molecular weight excluding hydrogens is 324 g/mol. The molecule has 0 N–H and O–H groups in total. The Bertz CT molecular complexity index is 634. The Kier molecular flexibility index (Phi) is 5.99. The van der Waals surface area contributed by atoms with Crippen LogP contribution in [0.4, 0.5) is 0 Å². The molecule has 0 heterocycles. The topological polar surface area (TPSA) is 43.4 Å². The predicted molar refractivity (Wildman–Crippen MR) is 105 cm³/mol. The zero-order valence-electron chi connectivity index (χ0n) is 17.2. The van der Waals surface area contributed by atoms with Gasteiger partial charge in [-0.2, -0.15) is 0 Å². The molecule has 1 fully saturated rings. The summed E-state index contributed by atoms with van der Waals surface area (Å²) in [5.74, 6) is 0.127. The third kappa shape index (κ3) is 4.96. The van der Waals surface area contributed by atoms with Crippen molar-refractivity contribution in [3.05, 3.63) is 35.9 Å². The number of benzene rings is 1. The van der Waals surface area contributed by atoms with Crippen molar-refractivity contribution < 1.29 is 14.3 Å². The molecule has 2 rings (SSSR count). The van der Waals surface area contributed by atoms with Crippen molar-refractivity contribution in [3.8, 4) is 0 Å². The summed E-state index contributed by atoms with van der Waals surface area (Å²) < 4.78 is 5.74. The number of hydrogen-bond donors (Lipinski definition) is 0. The van der Waals surface area contributed by atoms with Crippen molar-refractivity contribution in [1.29, 1.82) is 0 Å². The fourth-order valence-electron chi connectivity index (χ4n) is 3.91. The van der Waals surface area contributed by atoms with Crippen LogP contribution in [-0.4, -0.2) is 17.4 Å². The molecule has 0 unspecified atom stereocenters. The zero-order chi connectivity index (χ0) is 19.6. The maximum absolute atomic E-state index is 13.2. The minimum atomic E-state index is -1.06. The Hall–Kier alpha value is -1.64. The second-order valence-corrected chi connectivity index (χ2v) is 9.81. The normalized spacial score (nSPS) is 24.8. The van der Waals surface area contributed by atoms with Crippen LogP contribution in [0.5, 0.6) is 0 Å². The van der Waals surface area contributed by atoms with Crippen molar-refractivity contribution >= 4 is 11.8 Å². The standard InChI is InChI=1S/C23H34O3/c1-21(2,3)18-12-13-19(24)23(15-14-18,20(25)26-22(4,5)6)16-17-10-8-7-9-11-17/h7-11,18H,12-16H2,1-6H3/t18-,23-/m0/s1. The van der Waals surface area contributed by atoms with Gasteiger partial charge in [0.05, 0.1) is 0 Å². The molecule has 3 nitrogen and oxygen atoms in total. The van der Waals surface area contributed by atoms with Crippen molar-refractivity contribution in [2.75, 3.05) is 0 Å². The number of esters is 1. The molecular formula is C23H34O3. The van der Waals surface area contributed by atoms with Gasteiger partial charge in [0.25, 0.3) is 0 Å². The molecule has 144 valence electrons. The molecule has 0 bridgehead atoms. The van der Waals surface area contributed by atoms with Crippen molar-refractivity contribution in [2.24, 2.45) is 16.7 Å². The lowest BCUT2D eigenvalue weighted by molar-refractivity contribution is -0.171. The van der Waals surface area contributed by atoms with Crippen LogP contribution >= 0.6 is 0 Å². The first-order valence-electron chi connectivity index (χ1n) is 9.75. The number of carbonyl (C=O) groups is 2. The minimum absolute atomic E-state index is 0.0438. The molecule has 1 aromatic carbocycles. The highest BCUT2D eigenvalue weighted by Crippen LogP contribution is 2.44. The van der Waals surface area contributed by atoms with E-state index < -0.39 is 11.0 Å². The molecule has 0 saturated heterocycles. The molecule has 0 radical (unpaired) electrons. The Morgan fingerprint density at radius 2 is 1.69 bits per heavy atom. The van der Waals surface area contributed by atoms with E-state index in [1.807, 2.05) is 51.1 Å². The Morgan fingerprint density at radius 1 is 1.08 bits per heavy atom. The Labute approximate surface area is 158 Å². The van der Waals surface area contributed by atoms with E-state index in [1.165, 1.54) is 0 Å². The van der Waals surface area contributed by atoms with Gasteiger partial charge in [-0.15, -0.1) is 0 Å². The van der Waals surface area contributed by atoms with Crippen molar-refractivity contribution in [2.45, 2.75) is 79.2 Å². The smallest absolute Gasteiger partial charge is 0.320 e. The number of rotatable bonds is 3. The predicted octanol–water partition coefficient (Wildman–Crippen LogP) is 5.36. The Morgan fingerprint density at radius 3 is 2.23 bits per heavy atom. The summed E-state index contributed by atoms with van der Waals surface area (Å²) in [4.78, 5) is 26.5. The molecule has 1 aliphatic carbocycles. The first-order chi connectivity index (χ1) is 11.9. The van der Waals surface area contributed by atoms with E-state index in [-0.39, 0.29) is 17.2 Å². The number of Topliss-reactive ketones (excluding diaryl/α,β-unsaturated/α-hetero) is 1. The molecule has 1 aliphatic rings. The molecule has 3 heteroatoms. The first-order valence-corrected chi connectivity index (χ1v) is 9.75. The van der Waals surface area contributed by atoms with Crippen molar-refractivity contribution in [1.82, 2.24) is 0 Å². The van der Waals surface area contributed by atoms with E-state index in [0.717, 1.165) is 18.4 Å². The average molecular weight is 359 g/mol. The van der Waals surface area contributed by atoms with Gasteiger partial charge < -0.3 is 4.74 Å². The molecule has 2 atom stereocenters. The van der Waals surface area contributed by atoms with E-state index in [1.54, 1.807) is 0 Å². The molecule has 1 aromatic rings. The summed E-state index contributed by atoms with van der Waals surface area (Å²) in [5.41, 5.74) is -0.511. The summed E-state index contributed by atoms with van der Waals surface area (Å²) in [7, 11) is 0. The monoisotopic (exact) mass is 358 g/mol. The zero-order valence-corrected chi connectivity index (χ0v) is 17.2. The molecule has 0 aromatic heterocycles. The summed E-state index contributed by atoms with van der Waals surface area (Å²) in [6, 6.07) is 9.85. The van der Waals surface area contributed by atoms with Crippen LogP contribution in [0.1, 0.15) is 72.8 Å². The van der Waals surface area contributed by atoms with Gasteiger partial charge in [-0.25, -0.2) is 0 Å². The average Bonchev–Trinajstić information content (AvgIpc) is 2.67. The lowest BCUT2D eigenvalue weighted by Crippen LogP contribution is -2.44. The van der Waals surface area contributed by atoms with E-state index in [9.17, 15) is 9.59 Å². The molecule has 0 amide bonds. The van der Waals surface area contributed by atoms with Crippen LogP contribution < -0.4 is 0 Å². The van der Waals surface area contributed by atoms with Crippen molar-refractivity contribution in [3.63, 3.8) is 0 Å². The molecule has 0 aliphatic heterocycles. The summed E-state index contributed by atoms with van der Waals surface area (Å²) in [5, 5.41) is 0. The number of hydrogen-bond acceptors (Lipinski definition) is 3. The maximum atomic E-state index is 13.2. The fourth-order valence-corrected chi connectivity index (χ4v) is 3.91. The van der Waals surface area contributed by atoms with Crippen LogP contribution in [0.25, 0.3) is 0 Å². The van der Waals surface area contributed by atoms with Gasteiger partial charge in [0.2, 0.25) is 0 Å². The van der Waals surface area contributed by atoms with Gasteiger partial charge in [0, 0.05) is 6.42 Å². The summed E-state index contributed by atoms with van der Waals surface area (Å²) >= 11 is 0. The van der Waals surface area contributed by atoms with Gasteiger partial charge in [-0.3, -0.25) is 9.59 Å². The largest absolute Gasteiger partial charge is 0.459 e. The quantitative estimate of drug-likeness (QED) is 0.415. The van der Waals surface area contributed by atoms with Crippen LogP contribution in [0, 0.1) is 16.7 Å². The van der Waals surface area contributed by atoms with Crippen LogP contribution in [-0.2, 0) is 20.7 Å². The van der Waals surface area contributed by atoms with Crippen LogP contribution in [0.15, 0.2) is 30.3 Å². The van der Waals surface area contributed by atoms with Gasteiger partial charge in [0.1, 0.15) is 11.0 Å². The second kappa shape index (κ2) is 7.54. The third-order valence-electron chi connectivity index (χ3n) is 5.54. The SMILES string of the molecule is CC(C)(C)OC(=O)[C@]1(Cc2ccccc2)CC[C@@H](C(C)(C)C)CCC1=O. The van der Waals surface area contributed by atoms with Crippen LogP contribution in [0.3, 0.4) is 0 Å². The Balaban J connectivity index is 2.39. The highest BCUT2D eigenvalue weighted by atomic mass is 16.6. The third-order valence-corrected chi connectivity index (χ3v) is 5.54.